The summed E-state index contributed by atoms with van der Waals surface area (Å²) >= 11 is 0. The van der Waals surface area contributed by atoms with Gasteiger partial charge in [-0.15, -0.1) is 0 Å². The summed E-state index contributed by atoms with van der Waals surface area (Å²) in [5.74, 6) is 2.53. The molecule has 0 spiro atoms. The number of amides is 1. The van der Waals surface area contributed by atoms with Crippen molar-refractivity contribution >= 4 is 5.91 Å². The van der Waals surface area contributed by atoms with Crippen molar-refractivity contribution in [3.8, 4) is 11.5 Å². The van der Waals surface area contributed by atoms with Gasteiger partial charge >= 0.3 is 0 Å². The predicted molar refractivity (Wildman–Crippen MR) is 163 cm³/mol. The largest absolute Gasteiger partial charge is 0.493 e. The van der Waals surface area contributed by atoms with Crippen LogP contribution < -0.4 is 14.8 Å². The molecule has 1 saturated heterocycles. The number of carbonyl (C=O) groups is 1. The SMILES string of the molecule is CCCN1CCC(NC(=O)C(C[C@H](O)CC[C@H](Cc2ccc(OC)c(OCCCOC)c2)C(C)C)C(C)C)CC1. The van der Waals surface area contributed by atoms with Gasteiger partial charge in [-0.1, -0.05) is 40.7 Å². The molecule has 1 aromatic rings. The Morgan fingerprint density at radius 3 is 2.38 bits per heavy atom. The van der Waals surface area contributed by atoms with E-state index in [0.29, 0.717) is 37.9 Å². The molecule has 230 valence electrons. The third-order valence-corrected chi connectivity index (χ3v) is 8.43. The number of methoxy groups -OCH3 is 2. The third-order valence-electron chi connectivity index (χ3n) is 8.43. The number of nitrogens with zero attached hydrogens (tertiary/aromatic N) is 1. The number of nitrogens with one attached hydrogen (secondary N) is 1. The van der Waals surface area contributed by atoms with Crippen molar-refractivity contribution in [1.82, 2.24) is 10.2 Å². The molecule has 7 nitrogen and oxygen atoms in total. The highest BCUT2D eigenvalue weighted by atomic mass is 16.5. The molecular formula is C33H58N2O5. The van der Waals surface area contributed by atoms with Crippen LogP contribution in [0.15, 0.2) is 18.2 Å². The van der Waals surface area contributed by atoms with E-state index in [9.17, 15) is 9.90 Å². The summed E-state index contributed by atoms with van der Waals surface area (Å²) in [4.78, 5) is 15.7. The van der Waals surface area contributed by atoms with Crippen molar-refractivity contribution in [2.45, 2.75) is 98.1 Å². The molecule has 0 radical (unpaired) electrons. The number of likely N-dealkylation sites (tertiary alicyclic amines) is 1. The first-order valence-electron chi connectivity index (χ1n) is 15.7. The van der Waals surface area contributed by atoms with Gasteiger partial charge in [0.05, 0.1) is 19.8 Å². The van der Waals surface area contributed by atoms with E-state index in [-0.39, 0.29) is 23.8 Å². The lowest BCUT2D eigenvalue weighted by Crippen LogP contribution is -2.47. The number of aliphatic hydroxyl groups excluding tert-OH is 1. The van der Waals surface area contributed by atoms with Gasteiger partial charge in [-0.2, -0.15) is 0 Å². The first kappa shape index (κ1) is 34.4. The second-order valence-electron chi connectivity index (χ2n) is 12.3. The predicted octanol–water partition coefficient (Wildman–Crippen LogP) is 5.72. The molecule has 2 N–H and O–H groups in total. The molecule has 7 heteroatoms. The summed E-state index contributed by atoms with van der Waals surface area (Å²) in [5, 5.41) is 14.3. The molecule has 1 aliphatic heterocycles. The second kappa shape index (κ2) is 18.6. The highest BCUT2D eigenvalue weighted by Crippen LogP contribution is 2.32. The van der Waals surface area contributed by atoms with E-state index < -0.39 is 6.10 Å². The zero-order valence-electron chi connectivity index (χ0n) is 26.4. The van der Waals surface area contributed by atoms with Crippen molar-refractivity contribution in [1.29, 1.82) is 0 Å². The van der Waals surface area contributed by atoms with Crippen LogP contribution in [0.2, 0.25) is 0 Å². The summed E-state index contributed by atoms with van der Waals surface area (Å²) in [5.41, 5.74) is 1.21. The molecule has 40 heavy (non-hydrogen) atoms. The molecule has 0 saturated carbocycles. The molecule has 1 fully saturated rings. The Bertz CT molecular complexity index is 838. The van der Waals surface area contributed by atoms with Gasteiger partial charge in [0, 0.05) is 45.2 Å². The van der Waals surface area contributed by atoms with E-state index in [1.54, 1.807) is 14.2 Å². The Hall–Kier alpha value is -1.83. The molecule has 1 heterocycles. The third kappa shape index (κ3) is 12.0. The zero-order valence-corrected chi connectivity index (χ0v) is 26.4. The molecule has 0 bridgehead atoms. The van der Waals surface area contributed by atoms with E-state index in [4.69, 9.17) is 14.2 Å². The van der Waals surface area contributed by atoms with Crippen LogP contribution in [0.5, 0.6) is 11.5 Å². The normalized spacial score (nSPS) is 17.1. The zero-order chi connectivity index (χ0) is 29.5. The smallest absolute Gasteiger partial charge is 0.223 e. The minimum Gasteiger partial charge on any atom is -0.493 e. The fraction of sp³-hybridized carbons (Fsp3) is 0.788. The van der Waals surface area contributed by atoms with E-state index >= 15 is 0 Å². The van der Waals surface area contributed by atoms with Crippen LogP contribution in [0.1, 0.15) is 85.1 Å². The lowest BCUT2D eigenvalue weighted by atomic mass is 9.82. The molecule has 2 rings (SSSR count). The van der Waals surface area contributed by atoms with E-state index in [1.807, 2.05) is 6.07 Å². The number of rotatable bonds is 19. The highest BCUT2D eigenvalue weighted by Gasteiger charge is 2.29. The van der Waals surface area contributed by atoms with Crippen LogP contribution in [-0.4, -0.2) is 75.1 Å². The van der Waals surface area contributed by atoms with Crippen molar-refractivity contribution in [3.63, 3.8) is 0 Å². The first-order chi connectivity index (χ1) is 19.2. The van der Waals surface area contributed by atoms with Gasteiger partial charge in [0.1, 0.15) is 0 Å². The number of carbonyl (C=O) groups excluding carboxylic acids is 1. The summed E-state index contributed by atoms with van der Waals surface area (Å²) < 4.78 is 16.6. The molecular weight excluding hydrogens is 504 g/mol. The average molecular weight is 563 g/mol. The maximum Gasteiger partial charge on any atom is 0.223 e. The van der Waals surface area contributed by atoms with Crippen LogP contribution >= 0.6 is 0 Å². The van der Waals surface area contributed by atoms with Crippen LogP contribution in [0.25, 0.3) is 0 Å². The quantitative estimate of drug-likeness (QED) is 0.210. The summed E-state index contributed by atoms with van der Waals surface area (Å²) in [7, 11) is 3.36. The Balaban J connectivity index is 1.90. The monoisotopic (exact) mass is 562 g/mol. The number of benzene rings is 1. The molecule has 1 amide bonds. The van der Waals surface area contributed by atoms with Crippen molar-refractivity contribution in [3.05, 3.63) is 23.8 Å². The number of aliphatic hydroxyl groups is 1. The molecule has 0 aromatic heterocycles. The maximum absolute atomic E-state index is 13.2. The molecule has 1 aromatic carbocycles. The minimum atomic E-state index is -0.485. The van der Waals surface area contributed by atoms with Gasteiger partial charge in [-0.3, -0.25) is 4.79 Å². The van der Waals surface area contributed by atoms with E-state index in [2.05, 4.69) is 57.0 Å². The van der Waals surface area contributed by atoms with Crippen LogP contribution in [-0.2, 0) is 16.0 Å². The Labute approximate surface area is 244 Å². The second-order valence-corrected chi connectivity index (χ2v) is 12.3. The van der Waals surface area contributed by atoms with Crippen molar-refractivity contribution in [2.24, 2.45) is 23.7 Å². The molecule has 0 aliphatic carbocycles. The van der Waals surface area contributed by atoms with Crippen molar-refractivity contribution < 1.29 is 24.1 Å². The Morgan fingerprint density at radius 2 is 1.77 bits per heavy atom. The van der Waals surface area contributed by atoms with Crippen LogP contribution in [0.3, 0.4) is 0 Å². The van der Waals surface area contributed by atoms with Gasteiger partial charge in [0.2, 0.25) is 5.91 Å². The number of ether oxygens (including phenoxy) is 3. The summed E-state index contributed by atoms with van der Waals surface area (Å²) in [6.07, 6.45) is 6.58. The van der Waals surface area contributed by atoms with Crippen molar-refractivity contribution in [2.75, 3.05) is 47.1 Å². The molecule has 1 aliphatic rings. The lowest BCUT2D eigenvalue weighted by Gasteiger charge is -2.33. The minimum absolute atomic E-state index is 0.111. The van der Waals surface area contributed by atoms with Gasteiger partial charge < -0.3 is 29.5 Å². The lowest BCUT2D eigenvalue weighted by molar-refractivity contribution is -0.128. The van der Waals surface area contributed by atoms with E-state index in [0.717, 1.165) is 63.2 Å². The van der Waals surface area contributed by atoms with Crippen LogP contribution in [0.4, 0.5) is 0 Å². The number of piperidine rings is 1. The molecule has 3 atom stereocenters. The van der Waals surface area contributed by atoms with Crippen LogP contribution in [0, 0.1) is 23.7 Å². The number of hydrogen-bond donors (Lipinski definition) is 2. The fourth-order valence-corrected chi connectivity index (χ4v) is 5.74. The summed E-state index contributed by atoms with van der Waals surface area (Å²) in [6.45, 7) is 15.4. The Kier molecular flexibility index (Phi) is 16.0. The average Bonchev–Trinajstić information content (AvgIpc) is 2.93. The van der Waals surface area contributed by atoms with Gasteiger partial charge in [-0.05, 0) is 86.9 Å². The highest BCUT2D eigenvalue weighted by molar-refractivity contribution is 5.79. The number of hydrogen-bond acceptors (Lipinski definition) is 6. The Morgan fingerprint density at radius 1 is 1.05 bits per heavy atom. The van der Waals surface area contributed by atoms with Gasteiger partial charge in [0.15, 0.2) is 11.5 Å². The van der Waals surface area contributed by atoms with E-state index in [1.165, 1.54) is 12.0 Å². The standard InChI is InChI=1S/C33H58N2O5/c1-8-16-35-17-14-28(15-18-35)34-33(37)30(25(4)5)23-29(36)12-11-27(24(2)3)21-26-10-13-31(39-7)32(22-26)40-20-9-19-38-6/h10,13,22,24-25,27-30,36H,8-9,11-12,14-21,23H2,1-7H3,(H,34,37)/t27-,29-,30?/m1/s1. The molecule has 1 unspecified atom stereocenters. The van der Waals surface area contributed by atoms with Gasteiger partial charge in [0.25, 0.3) is 0 Å². The maximum atomic E-state index is 13.2. The topological polar surface area (TPSA) is 80.3 Å². The fourth-order valence-electron chi connectivity index (χ4n) is 5.74. The first-order valence-corrected chi connectivity index (χ1v) is 15.7. The van der Waals surface area contributed by atoms with Gasteiger partial charge in [-0.25, -0.2) is 0 Å². The summed E-state index contributed by atoms with van der Waals surface area (Å²) in [6, 6.07) is 6.43.